The highest BCUT2D eigenvalue weighted by molar-refractivity contribution is 7.92. The molecule has 0 aliphatic heterocycles. The Labute approximate surface area is 161 Å². The second kappa shape index (κ2) is 8.90. The van der Waals surface area contributed by atoms with E-state index in [2.05, 4.69) is 5.32 Å². The molecule has 0 radical (unpaired) electrons. The van der Waals surface area contributed by atoms with Gasteiger partial charge in [-0.25, -0.2) is 8.42 Å². The predicted octanol–water partition coefficient (Wildman–Crippen LogP) is 2.78. The second-order valence-corrected chi connectivity index (χ2v) is 8.30. The van der Waals surface area contributed by atoms with E-state index in [1.807, 2.05) is 51.1 Å². The maximum absolute atomic E-state index is 12.3. The SMILES string of the molecule is CCOc1ccc(CNC(=O)CN(c2ccc(C)c(C)c2)S(C)(=O)=O)cc1. The number of carbonyl (C=O) groups excluding carboxylic acids is 1. The highest BCUT2D eigenvalue weighted by Gasteiger charge is 2.21. The van der Waals surface area contributed by atoms with Crippen LogP contribution in [0.3, 0.4) is 0 Å². The zero-order valence-corrected chi connectivity index (χ0v) is 17.0. The molecular formula is C20H26N2O4S. The van der Waals surface area contributed by atoms with Crippen LogP contribution in [0.15, 0.2) is 42.5 Å². The molecule has 0 unspecified atom stereocenters. The van der Waals surface area contributed by atoms with Gasteiger partial charge in [-0.3, -0.25) is 9.10 Å². The molecule has 0 fully saturated rings. The van der Waals surface area contributed by atoms with E-state index in [9.17, 15) is 13.2 Å². The van der Waals surface area contributed by atoms with E-state index < -0.39 is 10.0 Å². The highest BCUT2D eigenvalue weighted by Crippen LogP contribution is 2.21. The number of ether oxygens (including phenoxy) is 1. The van der Waals surface area contributed by atoms with Crippen molar-refractivity contribution in [1.29, 1.82) is 0 Å². The molecular weight excluding hydrogens is 364 g/mol. The van der Waals surface area contributed by atoms with Gasteiger partial charge in [0.05, 0.1) is 18.6 Å². The molecule has 0 aliphatic carbocycles. The Morgan fingerprint density at radius 1 is 1.07 bits per heavy atom. The first kappa shape index (κ1) is 20.8. The van der Waals surface area contributed by atoms with Crippen molar-refractivity contribution in [2.75, 3.05) is 23.7 Å². The minimum atomic E-state index is -3.58. The van der Waals surface area contributed by atoms with Gasteiger partial charge in [0.1, 0.15) is 12.3 Å². The lowest BCUT2D eigenvalue weighted by Gasteiger charge is -2.22. The van der Waals surface area contributed by atoms with Crippen molar-refractivity contribution in [3.05, 3.63) is 59.2 Å². The molecule has 2 rings (SSSR count). The van der Waals surface area contributed by atoms with Crippen molar-refractivity contribution in [3.63, 3.8) is 0 Å². The Morgan fingerprint density at radius 3 is 2.30 bits per heavy atom. The Bertz CT molecular complexity index is 893. The quantitative estimate of drug-likeness (QED) is 0.752. The first-order valence-corrected chi connectivity index (χ1v) is 10.6. The fraction of sp³-hybridized carbons (Fsp3) is 0.350. The summed E-state index contributed by atoms with van der Waals surface area (Å²) in [4.78, 5) is 12.3. The monoisotopic (exact) mass is 390 g/mol. The zero-order chi connectivity index (χ0) is 20.0. The van der Waals surface area contributed by atoms with Crippen LogP contribution >= 0.6 is 0 Å². The number of nitrogens with zero attached hydrogens (tertiary/aromatic N) is 1. The highest BCUT2D eigenvalue weighted by atomic mass is 32.2. The van der Waals surface area contributed by atoms with Crippen molar-refractivity contribution in [1.82, 2.24) is 5.32 Å². The molecule has 0 saturated heterocycles. The van der Waals surface area contributed by atoms with E-state index in [0.29, 0.717) is 18.8 Å². The van der Waals surface area contributed by atoms with E-state index in [1.54, 1.807) is 12.1 Å². The summed E-state index contributed by atoms with van der Waals surface area (Å²) in [7, 11) is -3.58. The maximum Gasteiger partial charge on any atom is 0.241 e. The molecule has 27 heavy (non-hydrogen) atoms. The van der Waals surface area contributed by atoms with Gasteiger partial charge in [-0.15, -0.1) is 0 Å². The largest absolute Gasteiger partial charge is 0.494 e. The molecule has 0 aromatic heterocycles. The Hall–Kier alpha value is -2.54. The molecule has 0 spiro atoms. The Balaban J connectivity index is 2.04. The lowest BCUT2D eigenvalue weighted by atomic mass is 10.1. The van der Waals surface area contributed by atoms with Crippen LogP contribution in [0.25, 0.3) is 0 Å². The minimum Gasteiger partial charge on any atom is -0.494 e. The number of amides is 1. The van der Waals surface area contributed by atoms with Crippen LogP contribution in [0.2, 0.25) is 0 Å². The topological polar surface area (TPSA) is 75.7 Å². The minimum absolute atomic E-state index is 0.266. The average Bonchev–Trinajstić information content (AvgIpc) is 2.61. The number of rotatable bonds is 8. The van der Waals surface area contributed by atoms with Gasteiger partial charge in [-0.05, 0) is 61.7 Å². The summed E-state index contributed by atoms with van der Waals surface area (Å²) in [6.45, 7) is 6.42. The summed E-state index contributed by atoms with van der Waals surface area (Å²) in [5.74, 6) is 0.401. The summed E-state index contributed by atoms with van der Waals surface area (Å²) in [5.41, 5.74) is 3.42. The number of benzene rings is 2. The molecule has 146 valence electrons. The summed E-state index contributed by atoms with van der Waals surface area (Å²) < 4.78 is 30.8. The molecule has 1 N–H and O–H groups in total. The summed E-state index contributed by atoms with van der Waals surface area (Å²) in [6, 6.07) is 12.7. The molecule has 6 nitrogen and oxygen atoms in total. The summed E-state index contributed by atoms with van der Waals surface area (Å²) in [6.07, 6.45) is 1.10. The lowest BCUT2D eigenvalue weighted by Crippen LogP contribution is -2.40. The van der Waals surface area contributed by atoms with Crippen LogP contribution in [-0.4, -0.2) is 33.7 Å². The summed E-state index contributed by atoms with van der Waals surface area (Å²) >= 11 is 0. The molecule has 0 atom stereocenters. The standard InChI is InChI=1S/C20H26N2O4S/c1-5-26-19-10-7-17(8-11-19)13-21-20(23)14-22(27(4,24)25)18-9-6-15(2)16(3)12-18/h6-12H,5,13-14H2,1-4H3,(H,21,23). The van der Waals surface area contributed by atoms with Gasteiger partial charge in [-0.2, -0.15) is 0 Å². The van der Waals surface area contributed by atoms with Crippen LogP contribution in [0.5, 0.6) is 5.75 Å². The van der Waals surface area contributed by atoms with E-state index in [-0.39, 0.29) is 12.5 Å². The van der Waals surface area contributed by atoms with Gasteiger partial charge in [0.15, 0.2) is 0 Å². The number of carbonyl (C=O) groups is 1. The van der Waals surface area contributed by atoms with Crippen molar-refractivity contribution in [2.24, 2.45) is 0 Å². The van der Waals surface area contributed by atoms with Crippen molar-refractivity contribution >= 4 is 21.6 Å². The molecule has 0 saturated carbocycles. The van der Waals surface area contributed by atoms with Gasteiger partial charge in [0.25, 0.3) is 0 Å². The third-order valence-corrected chi connectivity index (χ3v) is 5.33. The number of sulfonamides is 1. The van der Waals surface area contributed by atoms with E-state index in [0.717, 1.165) is 33.0 Å². The van der Waals surface area contributed by atoms with Crippen molar-refractivity contribution in [2.45, 2.75) is 27.3 Å². The number of hydrogen-bond acceptors (Lipinski definition) is 4. The Kier molecular flexibility index (Phi) is 6.85. The third-order valence-electron chi connectivity index (χ3n) is 4.19. The van der Waals surface area contributed by atoms with E-state index >= 15 is 0 Å². The average molecular weight is 391 g/mol. The summed E-state index contributed by atoms with van der Waals surface area (Å²) in [5, 5.41) is 2.76. The first-order chi connectivity index (χ1) is 12.7. The van der Waals surface area contributed by atoms with Gasteiger partial charge < -0.3 is 10.1 Å². The number of aryl methyl sites for hydroxylation is 2. The normalized spacial score (nSPS) is 11.1. The number of hydrogen-bond donors (Lipinski definition) is 1. The van der Waals surface area contributed by atoms with Gasteiger partial charge in [-0.1, -0.05) is 18.2 Å². The molecule has 1 amide bonds. The number of nitrogens with one attached hydrogen (secondary N) is 1. The van der Waals surface area contributed by atoms with Crippen molar-refractivity contribution in [3.8, 4) is 5.75 Å². The lowest BCUT2D eigenvalue weighted by molar-refractivity contribution is -0.119. The smallest absolute Gasteiger partial charge is 0.241 e. The second-order valence-electron chi connectivity index (χ2n) is 6.39. The van der Waals surface area contributed by atoms with E-state index in [4.69, 9.17) is 4.74 Å². The molecule has 2 aromatic carbocycles. The molecule has 0 bridgehead atoms. The van der Waals surface area contributed by atoms with Crippen molar-refractivity contribution < 1.29 is 17.9 Å². The fourth-order valence-corrected chi connectivity index (χ4v) is 3.39. The van der Waals surface area contributed by atoms with Crippen LogP contribution in [0.4, 0.5) is 5.69 Å². The maximum atomic E-state index is 12.3. The third kappa shape index (κ3) is 5.99. The fourth-order valence-electron chi connectivity index (χ4n) is 2.54. The van der Waals surface area contributed by atoms with Crippen LogP contribution in [0.1, 0.15) is 23.6 Å². The molecule has 0 aliphatic rings. The molecule has 0 heterocycles. The van der Waals surface area contributed by atoms with E-state index in [1.165, 1.54) is 0 Å². The van der Waals surface area contributed by atoms with Gasteiger partial charge in [0, 0.05) is 6.54 Å². The molecule has 2 aromatic rings. The van der Waals surface area contributed by atoms with Gasteiger partial charge >= 0.3 is 0 Å². The van der Waals surface area contributed by atoms with Crippen LogP contribution in [0, 0.1) is 13.8 Å². The molecule has 7 heteroatoms. The first-order valence-electron chi connectivity index (χ1n) is 8.74. The van der Waals surface area contributed by atoms with Crippen LogP contribution < -0.4 is 14.4 Å². The predicted molar refractivity (Wildman–Crippen MR) is 108 cm³/mol. The Morgan fingerprint density at radius 2 is 1.74 bits per heavy atom. The van der Waals surface area contributed by atoms with Crippen LogP contribution in [-0.2, 0) is 21.4 Å². The zero-order valence-electron chi connectivity index (χ0n) is 16.2. The number of anilines is 1. The van der Waals surface area contributed by atoms with Gasteiger partial charge in [0.2, 0.25) is 15.9 Å².